The number of nitrogens with two attached hydrogens (primary N) is 1. The lowest BCUT2D eigenvalue weighted by Gasteiger charge is -2.45. The standard InChI is InChI=1S/C19H17N5O/c1-24-6-5-14-15(8-20)18(23)19(10-21,11-22)17(16(14)9-24)12-3-2-4-13(25)7-12/h2-5,7,16-17,25H,6,9,23H2,1H3/t16-,17-/m1/s1. The molecule has 1 aliphatic carbocycles. The molecular weight excluding hydrogens is 314 g/mol. The maximum Gasteiger partial charge on any atom is 0.191 e. The summed E-state index contributed by atoms with van der Waals surface area (Å²) in [6, 6.07) is 12.8. The molecule has 0 amide bonds. The first kappa shape index (κ1) is 16.6. The summed E-state index contributed by atoms with van der Waals surface area (Å²) in [5.74, 6) is -0.742. The summed E-state index contributed by atoms with van der Waals surface area (Å²) < 4.78 is 0. The molecule has 6 nitrogen and oxygen atoms in total. The normalized spacial score (nSPS) is 25.1. The van der Waals surface area contributed by atoms with Crippen LogP contribution in [0.15, 0.2) is 47.2 Å². The van der Waals surface area contributed by atoms with E-state index in [9.17, 15) is 20.9 Å². The van der Waals surface area contributed by atoms with Gasteiger partial charge in [0.25, 0.3) is 0 Å². The van der Waals surface area contributed by atoms with Gasteiger partial charge in [-0.15, -0.1) is 0 Å². The van der Waals surface area contributed by atoms with Crippen LogP contribution in [0.25, 0.3) is 0 Å². The van der Waals surface area contributed by atoms with Crippen molar-refractivity contribution in [1.82, 2.24) is 4.90 Å². The van der Waals surface area contributed by atoms with E-state index in [4.69, 9.17) is 5.73 Å². The second kappa shape index (κ2) is 5.98. The minimum absolute atomic E-state index is 0.000367. The van der Waals surface area contributed by atoms with Crippen LogP contribution in [0, 0.1) is 45.3 Å². The molecule has 0 radical (unpaired) electrons. The van der Waals surface area contributed by atoms with Crippen molar-refractivity contribution in [2.24, 2.45) is 17.1 Å². The largest absolute Gasteiger partial charge is 0.508 e. The molecule has 0 aromatic heterocycles. The minimum atomic E-state index is -1.65. The minimum Gasteiger partial charge on any atom is -0.508 e. The van der Waals surface area contributed by atoms with Gasteiger partial charge < -0.3 is 15.7 Å². The van der Waals surface area contributed by atoms with E-state index in [0.29, 0.717) is 18.7 Å². The summed E-state index contributed by atoms with van der Waals surface area (Å²) in [4.78, 5) is 2.07. The third-order valence-corrected chi connectivity index (χ3v) is 5.08. The fourth-order valence-corrected chi connectivity index (χ4v) is 3.92. The zero-order valence-electron chi connectivity index (χ0n) is 13.8. The third kappa shape index (κ3) is 2.34. The highest BCUT2D eigenvalue weighted by Crippen LogP contribution is 2.54. The van der Waals surface area contributed by atoms with Crippen molar-refractivity contribution in [2.75, 3.05) is 20.1 Å². The lowest BCUT2D eigenvalue weighted by molar-refractivity contribution is 0.237. The van der Waals surface area contributed by atoms with Gasteiger partial charge in [0.1, 0.15) is 11.8 Å². The van der Waals surface area contributed by atoms with Crippen LogP contribution in [0.2, 0.25) is 0 Å². The number of nitriles is 3. The van der Waals surface area contributed by atoms with Crippen molar-refractivity contribution in [1.29, 1.82) is 15.8 Å². The van der Waals surface area contributed by atoms with Crippen LogP contribution in [0.5, 0.6) is 5.75 Å². The van der Waals surface area contributed by atoms with Crippen molar-refractivity contribution >= 4 is 0 Å². The van der Waals surface area contributed by atoms with Gasteiger partial charge in [-0.25, -0.2) is 0 Å². The predicted octanol–water partition coefficient (Wildman–Crippen LogP) is 1.75. The van der Waals surface area contributed by atoms with Crippen molar-refractivity contribution < 1.29 is 5.11 Å². The molecule has 3 N–H and O–H groups in total. The molecule has 1 aromatic rings. The molecule has 0 bridgehead atoms. The maximum absolute atomic E-state index is 9.89. The van der Waals surface area contributed by atoms with Gasteiger partial charge in [-0.2, -0.15) is 15.8 Å². The fourth-order valence-electron chi connectivity index (χ4n) is 3.92. The first-order chi connectivity index (χ1) is 12.0. The van der Waals surface area contributed by atoms with Crippen LogP contribution in [0.1, 0.15) is 11.5 Å². The van der Waals surface area contributed by atoms with E-state index in [1.54, 1.807) is 18.2 Å². The average Bonchev–Trinajstić information content (AvgIpc) is 2.61. The van der Waals surface area contributed by atoms with Gasteiger partial charge in [0.2, 0.25) is 0 Å². The van der Waals surface area contributed by atoms with E-state index in [0.717, 1.165) is 5.57 Å². The van der Waals surface area contributed by atoms with Crippen LogP contribution in [-0.4, -0.2) is 30.1 Å². The Hall–Kier alpha value is -3.27. The number of phenolic OH excluding ortho intramolecular Hbond substituents is 1. The Morgan fingerprint density at radius 1 is 1.28 bits per heavy atom. The quantitative estimate of drug-likeness (QED) is 0.808. The Morgan fingerprint density at radius 2 is 2.00 bits per heavy atom. The Morgan fingerprint density at radius 3 is 2.60 bits per heavy atom. The molecule has 3 rings (SSSR count). The van der Waals surface area contributed by atoms with Gasteiger partial charge in [0, 0.05) is 24.9 Å². The number of allylic oxidation sites excluding steroid dienone is 2. The summed E-state index contributed by atoms with van der Waals surface area (Å²) in [5, 5.41) is 39.3. The molecule has 0 saturated heterocycles. The SMILES string of the molecule is CN1CC=C2C(C#N)=C(N)C(C#N)(C#N)[C@H](c3cccc(O)c3)[C@@H]2C1. The zero-order chi connectivity index (χ0) is 18.2. The first-order valence-corrected chi connectivity index (χ1v) is 7.89. The topological polar surface area (TPSA) is 121 Å². The molecule has 124 valence electrons. The van der Waals surface area contributed by atoms with Gasteiger partial charge in [0.15, 0.2) is 5.41 Å². The van der Waals surface area contributed by atoms with E-state index < -0.39 is 11.3 Å². The first-order valence-electron chi connectivity index (χ1n) is 7.89. The van der Waals surface area contributed by atoms with Gasteiger partial charge in [0.05, 0.1) is 23.4 Å². The molecule has 6 heteroatoms. The Labute approximate surface area is 146 Å². The van der Waals surface area contributed by atoms with Crippen molar-refractivity contribution in [3.8, 4) is 24.0 Å². The summed E-state index contributed by atoms with van der Waals surface area (Å²) in [6.45, 7) is 1.26. The number of fused-ring (bicyclic) bond motifs is 1. The van der Waals surface area contributed by atoms with Crippen molar-refractivity contribution in [2.45, 2.75) is 5.92 Å². The maximum atomic E-state index is 9.89. The van der Waals surface area contributed by atoms with E-state index in [-0.39, 0.29) is 22.9 Å². The van der Waals surface area contributed by atoms with Crippen molar-refractivity contribution in [3.05, 3.63) is 52.7 Å². The highest BCUT2D eigenvalue weighted by Gasteiger charge is 2.54. The molecule has 1 aliphatic heterocycles. The van der Waals surface area contributed by atoms with E-state index in [2.05, 4.69) is 23.1 Å². The number of hydrogen-bond donors (Lipinski definition) is 2. The van der Waals surface area contributed by atoms with Crippen molar-refractivity contribution in [3.63, 3.8) is 0 Å². The lowest BCUT2D eigenvalue weighted by atomic mass is 9.58. The summed E-state index contributed by atoms with van der Waals surface area (Å²) in [5.41, 5.74) is 6.22. The lowest BCUT2D eigenvalue weighted by Crippen LogP contribution is -2.47. The molecular formula is C19H17N5O. The average molecular weight is 331 g/mol. The van der Waals surface area contributed by atoms with Gasteiger partial charge >= 0.3 is 0 Å². The molecule has 0 unspecified atom stereocenters. The van der Waals surface area contributed by atoms with Crippen LogP contribution in [0.3, 0.4) is 0 Å². The van der Waals surface area contributed by atoms with Gasteiger partial charge in [-0.1, -0.05) is 18.2 Å². The van der Waals surface area contributed by atoms with Gasteiger partial charge in [-0.3, -0.25) is 0 Å². The van der Waals surface area contributed by atoms with E-state index in [1.807, 2.05) is 13.1 Å². The molecule has 1 aromatic carbocycles. The number of nitrogens with zero attached hydrogens (tertiary/aromatic N) is 4. The number of phenols is 1. The highest BCUT2D eigenvalue weighted by atomic mass is 16.3. The Kier molecular flexibility index (Phi) is 3.97. The molecule has 2 aliphatic rings. The van der Waals surface area contributed by atoms with Crippen LogP contribution in [-0.2, 0) is 0 Å². The Bertz CT molecular complexity index is 895. The zero-order valence-corrected chi connectivity index (χ0v) is 13.8. The molecule has 0 saturated carbocycles. The second-order valence-corrected chi connectivity index (χ2v) is 6.49. The van der Waals surface area contributed by atoms with Gasteiger partial charge in [-0.05, 0) is 30.3 Å². The molecule has 2 atom stereocenters. The smallest absolute Gasteiger partial charge is 0.191 e. The second-order valence-electron chi connectivity index (χ2n) is 6.49. The summed E-state index contributed by atoms with van der Waals surface area (Å²) in [7, 11) is 1.95. The van der Waals surface area contributed by atoms with Crippen LogP contribution >= 0.6 is 0 Å². The van der Waals surface area contributed by atoms with E-state index >= 15 is 0 Å². The van der Waals surface area contributed by atoms with Crippen LogP contribution in [0.4, 0.5) is 0 Å². The number of benzene rings is 1. The summed E-state index contributed by atoms with van der Waals surface area (Å²) in [6.07, 6.45) is 1.94. The monoisotopic (exact) mass is 331 g/mol. The predicted molar refractivity (Wildman–Crippen MR) is 90.4 cm³/mol. The Balaban J connectivity index is 2.34. The number of aromatic hydroxyl groups is 1. The number of hydrogen-bond acceptors (Lipinski definition) is 6. The molecule has 25 heavy (non-hydrogen) atoms. The molecule has 0 spiro atoms. The molecule has 0 fully saturated rings. The number of rotatable bonds is 1. The van der Waals surface area contributed by atoms with E-state index in [1.165, 1.54) is 6.07 Å². The summed E-state index contributed by atoms with van der Waals surface area (Å²) >= 11 is 0. The molecule has 1 heterocycles. The fraction of sp³-hybridized carbons (Fsp3) is 0.316. The highest BCUT2D eigenvalue weighted by molar-refractivity contribution is 5.59. The van der Waals surface area contributed by atoms with Crippen LogP contribution < -0.4 is 5.73 Å². The third-order valence-electron chi connectivity index (χ3n) is 5.08. The number of likely N-dealkylation sites (N-methyl/N-ethyl adjacent to an activating group) is 1.